The standard InChI is InChI=1S/C13H15NO5/c1-13(5-2-6-19-13)12(18)14-9-7-8(11(16)17)3-4-10(9)15/h3-4,7,15H,2,5-6H2,1H3,(H,14,18)(H,16,17). The van der Waals surface area contributed by atoms with E-state index in [2.05, 4.69) is 5.32 Å². The summed E-state index contributed by atoms with van der Waals surface area (Å²) in [7, 11) is 0. The third-order valence-corrected chi connectivity index (χ3v) is 3.19. The Kier molecular flexibility index (Phi) is 3.44. The second-order valence-corrected chi connectivity index (χ2v) is 4.67. The lowest BCUT2D eigenvalue weighted by molar-refractivity contribution is -0.133. The molecule has 1 saturated heterocycles. The summed E-state index contributed by atoms with van der Waals surface area (Å²) in [4.78, 5) is 22.9. The maximum absolute atomic E-state index is 12.1. The van der Waals surface area contributed by atoms with Gasteiger partial charge in [0.25, 0.3) is 5.91 Å². The second kappa shape index (κ2) is 4.89. The SMILES string of the molecule is CC1(C(=O)Nc2cc(C(=O)O)ccc2O)CCCO1. The molecule has 1 aliphatic heterocycles. The molecule has 0 bridgehead atoms. The molecule has 0 aromatic heterocycles. The number of carboxylic acids is 1. The fourth-order valence-electron chi connectivity index (χ4n) is 1.98. The van der Waals surface area contributed by atoms with Gasteiger partial charge in [-0.3, -0.25) is 4.79 Å². The third kappa shape index (κ3) is 2.68. The van der Waals surface area contributed by atoms with Crippen molar-refractivity contribution >= 4 is 17.6 Å². The van der Waals surface area contributed by atoms with Crippen LogP contribution in [0.4, 0.5) is 5.69 Å². The molecule has 2 rings (SSSR count). The highest BCUT2D eigenvalue weighted by Gasteiger charge is 2.38. The summed E-state index contributed by atoms with van der Waals surface area (Å²) >= 11 is 0. The largest absolute Gasteiger partial charge is 0.506 e. The van der Waals surface area contributed by atoms with Crippen molar-refractivity contribution in [1.82, 2.24) is 0 Å². The summed E-state index contributed by atoms with van der Waals surface area (Å²) in [5.74, 6) is -1.69. The summed E-state index contributed by atoms with van der Waals surface area (Å²) in [6.45, 7) is 2.19. The number of carbonyl (C=O) groups excluding carboxylic acids is 1. The molecule has 1 fully saturated rings. The zero-order chi connectivity index (χ0) is 14.0. The number of carboxylic acid groups (broad SMARTS) is 1. The zero-order valence-electron chi connectivity index (χ0n) is 10.5. The van der Waals surface area contributed by atoms with Crippen LogP contribution in [-0.2, 0) is 9.53 Å². The molecular weight excluding hydrogens is 250 g/mol. The van der Waals surface area contributed by atoms with E-state index in [1.165, 1.54) is 18.2 Å². The predicted molar refractivity (Wildman–Crippen MR) is 67.3 cm³/mol. The van der Waals surface area contributed by atoms with E-state index in [-0.39, 0.29) is 22.9 Å². The van der Waals surface area contributed by atoms with Gasteiger partial charge in [-0.25, -0.2) is 4.79 Å². The van der Waals surface area contributed by atoms with Crippen molar-refractivity contribution in [2.24, 2.45) is 0 Å². The van der Waals surface area contributed by atoms with Crippen LogP contribution in [0.5, 0.6) is 5.75 Å². The molecule has 102 valence electrons. The highest BCUT2D eigenvalue weighted by Crippen LogP contribution is 2.29. The van der Waals surface area contributed by atoms with Gasteiger partial charge >= 0.3 is 5.97 Å². The molecule has 1 amide bonds. The van der Waals surface area contributed by atoms with Crippen molar-refractivity contribution in [3.63, 3.8) is 0 Å². The smallest absolute Gasteiger partial charge is 0.335 e. The molecule has 1 atom stereocenters. The summed E-state index contributed by atoms with van der Waals surface area (Å²) in [5.41, 5.74) is -0.863. The Hall–Kier alpha value is -2.08. The van der Waals surface area contributed by atoms with Crippen molar-refractivity contribution in [2.45, 2.75) is 25.4 Å². The molecule has 0 aliphatic carbocycles. The molecule has 1 aromatic rings. The minimum atomic E-state index is -1.13. The van der Waals surface area contributed by atoms with E-state index in [0.29, 0.717) is 13.0 Å². The van der Waals surface area contributed by atoms with Crippen molar-refractivity contribution < 1.29 is 24.5 Å². The second-order valence-electron chi connectivity index (χ2n) is 4.67. The first-order valence-corrected chi connectivity index (χ1v) is 5.94. The van der Waals surface area contributed by atoms with Crippen molar-refractivity contribution in [1.29, 1.82) is 0 Å². The number of aromatic hydroxyl groups is 1. The first-order valence-electron chi connectivity index (χ1n) is 5.94. The van der Waals surface area contributed by atoms with E-state index < -0.39 is 11.6 Å². The highest BCUT2D eigenvalue weighted by molar-refractivity contribution is 5.99. The predicted octanol–water partition coefficient (Wildman–Crippen LogP) is 1.60. The number of phenolic OH excluding ortho intramolecular Hbond substituents is 1. The van der Waals surface area contributed by atoms with Crippen molar-refractivity contribution in [3.05, 3.63) is 23.8 Å². The molecule has 1 aromatic carbocycles. The average Bonchev–Trinajstić information content (AvgIpc) is 2.80. The van der Waals surface area contributed by atoms with Crippen LogP contribution in [-0.4, -0.2) is 34.3 Å². The van der Waals surface area contributed by atoms with Gasteiger partial charge in [0, 0.05) is 6.61 Å². The van der Waals surface area contributed by atoms with E-state index in [0.717, 1.165) is 6.42 Å². The molecule has 0 spiro atoms. The zero-order valence-corrected chi connectivity index (χ0v) is 10.5. The maximum Gasteiger partial charge on any atom is 0.335 e. The number of phenols is 1. The van der Waals surface area contributed by atoms with Crippen molar-refractivity contribution in [2.75, 3.05) is 11.9 Å². The number of aromatic carboxylic acids is 1. The van der Waals surface area contributed by atoms with Crippen LogP contribution in [0.25, 0.3) is 0 Å². The fraction of sp³-hybridized carbons (Fsp3) is 0.385. The molecule has 6 heteroatoms. The number of carbonyl (C=O) groups is 2. The van der Waals surface area contributed by atoms with Crippen molar-refractivity contribution in [3.8, 4) is 5.75 Å². The Morgan fingerprint density at radius 3 is 2.74 bits per heavy atom. The van der Waals surface area contributed by atoms with E-state index in [1.807, 2.05) is 0 Å². The molecule has 3 N–H and O–H groups in total. The summed E-state index contributed by atoms with van der Waals surface area (Å²) in [5, 5.41) is 21.0. The fourth-order valence-corrected chi connectivity index (χ4v) is 1.98. The maximum atomic E-state index is 12.1. The third-order valence-electron chi connectivity index (χ3n) is 3.19. The van der Waals surface area contributed by atoms with Gasteiger partial charge < -0.3 is 20.3 Å². The van der Waals surface area contributed by atoms with E-state index in [9.17, 15) is 14.7 Å². The lowest BCUT2D eigenvalue weighted by Gasteiger charge is -2.22. The Morgan fingerprint density at radius 1 is 1.42 bits per heavy atom. The number of nitrogens with one attached hydrogen (secondary N) is 1. The Morgan fingerprint density at radius 2 is 2.16 bits per heavy atom. The Bertz CT molecular complexity index is 520. The summed E-state index contributed by atoms with van der Waals surface area (Å²) in [6.07, 6.45) is 1.39. The minimum absolute atomic E-state index is 0.00871. The number of anilines is 1. The number of benzene rings is 1. The topological polar surface area (TPSA) is 95.9 Å². The Balaban J connectivity index is 2.20. The minimum Gasteiger partial charge on any atom is -0.506 e. The number of amides is 1. The molecule has 6 nitrogen and oxygen atoms in total. The van der Waals surface area contributed by atoms with Crippen LogP contribution < -0.4 is 5.32 Å². The van der Waals surface area contributed by atoms with E-state index in [1.54, 1.807) is 6.92 Å². The number of hydrogen-bond donors (Lipinski definition) is 3. The van der Waals surface area contributed by atoms with Crippen LogP contribution in [0.3, 0.4) is 0 Å². The first-order chi connectivity index (χ1) is 8.92. The van der Waals surface area contributed by atoms with Crippen LogP contribution in [0.2, 0.25) is 0 Å². The van der Waals surface area contributed by atoms with Gasteiger partial charge in [0.2, 0.25) is 0 Å². The molecular formula is C13H15NO5. The van der Waals surface area contributed by atoms with Crippen LogP contribution >= 0.6 is 0 Å². The van der Waals surface area contributed by atoms with Gasteiger partial charge in [0.05, 0.1) is 11.3 Å². The summed E-state index contributed by atoms with van der Waals surface area (Å²) in [6, 6.07) is 3.71. The first kappa shape index (κ1) is 13.4. The van der Waals surface area contributed by atoms with Crippen LogP contribution in [0.15, 0.2) is 18.2 Å². The van der Waals surface area contributed by atoms with Gasteiger partial charge in [-0.2, -0.15) is 0 Å². The lowest BCUT2D eigenvalue weighted by atomic mass is 10.0. The summed E-state index contributed by atoms with van der Waals surface area (Å²) < 4.78 is 5.38. The lowest BCUT2D eigenvalue weighted by Crippen LogP contribution is -2.39. The van der Waals surface area contributed by atoms with Crippen LogP contribution in [0.1, 0.15) is 30.1 Å². The van der Waals surface area contributed by atoms with Crippen LogP contribution in [0, 0.1) is 0 Å². The molecule has 1 heterocycles. The molecule has 0 saturated carbocycles. The number of hydrogen-bond acceptors (Lipinski definition) is 4. The van der Waals surface area contributed by atoms with Gasteiger partial charge in [-0.05, 0) is 38.0 Å². The average molecular weight is 265 g/mol. The van der Waals surface area contributed by atoms with Gasteiger partial charge in [-0.15, -0.1) is 0 Å². The monoisotopic (exact) mass is 265 g/mol. The van der Waals surface area contributed by atoms with Gasteiger partial charge in [-0.1, -0.05) is 0 Å². The number of rotatable bonds is 3. The van der Waals surface area contributed by atoms with E-state index >= 15 is 0 Å². The Labute approximate surface area is 110 Å². The number of ether oxygens (including phenoxy) is 1. The van der Waals surface area contributed by atoms with E-state index in [4.69, 9.17) is 9.84 Å². The quantitative estimate of drug-likeness (QED) is 0.721. The highest BCUT2D eigenvalue weighted by atomic mass is 16.5. The molecule has 19 heavy (non-hydrogen) atoms. The molecule has 0 radical (unpaired) electrons. The normalized spacial score (nSPS) is 22.2. The van der Waals surface area contributed by atoms with Gasteiger partial charge in [0.1, 0.15) is 11.4 Å². The van der Waals surface area contributed by atoms with Gasteiger partial charge in [0.15, 0.2) is 0 Å². The molecule has 1 aliphatic rings. The molecule has 1 unspecified atom stereocenters.